The van der Waals surface area contributed by atoms with Gasteiger partial charge in [0.2, 0.25) is 0 Å². The maximum Gasteiger partial charge on any atom is 0.157 e. The normalized spacial score (nSPS) is 11.5. The molecule has 1 heterocycles. The summed E-state index contributed by atoms with van der Waals surface area (Å²) in [6, 6.07) is 20.8. The lowest BCUT2D eigenvalue weighted by atomic mass is 10.1. The maximum absolute atomic E-state index is 9.64. The molecule has 30 heavy (non-hydrogen) atoms. The van der Waals surface area contributed by atoms with Crippen LogP contribution in [-0.4, -0.2) is 4.98 Å². The average molecular weight is 472 g/mol. The Kier molecular flexibility index (Phi) is 6.26. The van der Waals surface area contributed by atoms with E-state index in [1.54, 1.807) is 24.3 Å². The third kappa shape index (κ3) is 4.45. The summed E-state index contributed by atoms with van der Waals surface area (Å²) >= 11 is 20.4. The Morgan fingerprint density at radius 2 is 1.70 bits per heavy atom. The fourth-order valence-corrected chi connectivity index (χ4v) is 4.60. The van der Waals surface area contributed by atoms with Crippen LogP contribution in [0.15, 0.2) is 60.7 Å². The molecular formula is C23H13Cl3N2OS. The molecule has 3 aromatic carbocycles. The topological polar surface area (TPSA) is 45.9 Å². The molecule has 0 spiro atoms. The van der Waals surface area contributed by atoms with Crippen molar-refractivity contribution in [1.82, 2.24) is 4.98 Å². The van der Waals surface area contributed by atoms with Crippen molar-refractivity contribution >= 4 is 68.0 Å². The van der Waals surface area contributed by atoms with E-state index in [0.717, 1.165) is 15.8 Å². The van der Waals surface area contributed by atoms with E-state index < -0.39 is 0 Å². The molecule has 0 fully saturated rings. The highest BCUT2D eigenvalue weighted by Gasteiger charge is 2.13. The monoisotopic (exact) mass is 470 g/mol. The van der Waals surface area contributed by atoms with Crippen LogP contribution in [0, 0.1) is 11.3 Å². The van der Waals surface area contributed by atoms with Crippen molar-refractivity contribution < 1.29 is 4.74 Å². The molecule has 0 N–H and O–H groups in total. The van der Waals surface area contributed by atoms with E-state index in [2.05, 4.69) is 11.1 Å². The Bertz CT molecular complexity index is 1250. The van der Waals surface area contributed by atoms with Crippen molar-refractivity contribution in [1.29, 1.82) is 5.26 Å². The molecule has 0 aliphatic heterocycles. The molecule has 0 saturated heterocycles. The summed E-state index contributed by atoms with van der Waals surface area (Å²) in [6.45, 7) is 0.240. The van der Waals surface area contributed by atoms with E-state index in [-0.39, 0.29) is 6.61 Å². The van der Waals surface area contributed by atoms with Gasteiger partial charge < -0.3 is 4.74 Å². The Morgan fingerprint density at radius 1 is 1.00 bits per heavy atom. The van der Waals surface area contributed by atoms with Crippen molar-refractivity contribution in [3.05, 3.63) is 91.9 Å². The summed E-state index contributed by atoms with van der Waals surface area (Å²) in [7, 11) is 0. The molecule has 7 heteroatoms. The van der Waals surface area contributed by atoms with E-state index in [1.807, 2.05) is 42.5 Å². The largest absolute Gasteiger partial charge is 0.486 e. The molecule has 0 bridgehead atoms. The van der Waals surface area contributed by atoms with E-state index in [0.29, 0.717) is 37.0 Å². The van der Waals surface area contributed by atoms with E-state index in [9.17, 15) is 5.26 Å². The lowest BCUT2D eigenvalue weighted by molar-refractivity contribution is 0.306. The molecule has 3 nitrogen and oxygen atoms in total. The number of para-hydroxylation sites is 1. The summed E-state index contributed by atoms with van der Waals surface area (Å²) in [5.74, 6) is 0.369. The predicted octanol–water partition coefficient (Wildman–Crippen LogP) is 7.90. The summed E-state index contributed by atoms with van der Waals surface area (Å²) in [5, 5.41) is 11.6. The van der Waals surface area contributed by atoms with Gasteiger partial charge in [-0.25, -0.2) is 4.98 Å². The average Bonchev–Trinajstić information content (AvgIpc) is 3.16. The number of nitrogens with zero attached hydrogens (tertiary/aromatic N) is 2. The van der Waals surface area contributed by atoms with Crippen molar-refractivity contribution in [2.75, 3.05) is 0 Å². The van der Waals surface area contributed by atoms with Gasteiger partial charge >= 0.3 is 0 Å². The van der Waals surface area contributed by atoms with Crippen LogP contribution in [0.25, 0.3) is 21.9 Å². The van der Waals surface area contributed by atoms with Gasteiger partial charge in [-0.15, -0.1) is 11.3 Å². The summed E-state index contributed by atoms with van der Waals surface area (Å²) in [4.78, 5) is 4.54. The van der Waals surface area contributed by atoms with Gasteiger partial charge in [-0.2, -0.15) is 5.26 Å². The third-order valence-electron chi connectivity index (χ3n) is 4.31. The number of thiazole rings is 1. The van der Waals surface area contributed by atoms with Crippen LogP contribution in [-0.2, 0) is 6.61 Å². The van der Waals surface area contributed by atoms with Crippen LogP contribution in [0.2, 0.25) is 15.1 Å². The molecule has 0 radical (unpaired) electrons. The molecule has 1 aromatic heterocycles. The van der Waals surface area contributed by atoms with Crippen LogP contribution < -0.4 is 4.74 Å². The van der Waals surface area contributed by atoms with Gasteiger partial charge in [-0.05, 0) is 42.0 Å². The molecule has 0 aliphatic rings. The number of rotatable bonds is 5. The van der Waals surface area contributed by atoms with Crippen LogP contribution in [0.5, 0.6) is 5.75 Å². The first-order valence-corrected chi connectivity index (χ1v) is 10.8. The second-order valence-electron chi connectivity index (χ2n) is 6.35. The van der Waals surface area contributed by atoms with Gasteiger partial charge in [-0.1, -0.05) is 65.1 Å². The lowest BCUT2D eigenvalue weighted by Gasteiger charge is -2.12. The molecule has 0 aliphatic carbocycles. The number of aromatic nitrogens is 1. The zero-order valence-electron chi connectivity index (χ0n) is 15.4. The lowest BCUT2D eigenvalue weighted by Crippen LogP contribution is -1.97. The minimum Gasteiger partial charge on any atom is -0.486 e. The van der Waals surface area contributed by atoms with Crippen molar-refractivity contribution in [2.24, 2.45) is 0 Å². The van der Waals surface area contributed by atoms with Gasteiger partial charge in [0.15, 0.2) is 5.75 Å². The number of hydrogen-bond acceptors (Lipinski definition) is 4. The Balaban J connectivity index is 1.61. The number of halogens is 3. The number of fused-ring (bicyclic) bond motifs is 1. The quantitative estimate of drug-likeness (QED) is 0.278. The summed E-state index contributed by atoms with van der Waals surface area (Å²) in [6.07, 6.45) is 1.72. The number of benzene rings is 3. The molecule has 148 valence electrons. The SMILES string of the molecule is N#C/C(=C\c1cc(Cl)c(OCc2ccccc2Cl)c(Cl)c1)c1nc2ccccc2s1. The first-order chi connectivity index (χ1) is 14.5. The van der Waals surface area contributed by atoms with Crippen molar-refractivity contribution in [3.8, 4) is 11.8 Å². The minimum absolute atomic E-state index is 0.240. The number of allylic oxidation sites excluding steroid dienone is 1. The Labute approximate surface area is 192 Å². The molecular weight excluding hydrogens is 459 g/mol. The maximum atomic E-state index is 9.64. The smallest absolute Gasteiger partial charge is 0.157 e. The van der Waals surface area contributed by atoms with Crippen LogP contribution in [0.1, 0.15) is 16.1 Å². The van der Waals surface area contributed by atoms with Crippen molar-refractivity contribution in [3.63, 3.8) is 0 Å². The van der Waals surface area contributed by atoms with Crippen LogP contribution in [0.3, 0.4) is 0 Å². The number of hydrogen-bond donors (Lipinski definition) is 0. The number of ether oxygens (including phenoxy) is 1. The van der Waals surface area contributed by atoms with Crippen LogP contribution in [0.4, 0.5) is 0 Å². The second kappa shape index (κ2) is 9.07. The zero-order chi connectivity index (χ0) is 21.1. The van der Waals surface area contributed by atoms with Gasteiger partial charge in [0.25, 0.3) is 0 Å². The molecule has 0 saturated carbocycles. The Hall–Kier alpha value is -2.55. The fraction of sp³-hybridized carbons (Fsp3) is 0.0435. The number of nitriles is 1. The van der Waals surface area contributed by atoms with Gasteiger partial charge in [0.1, 0.15) is 17.7 Å². The predicted molar refractivity (Wildman–Crippen MR) is 125 cm³/mol. The zero-order valence-corrected chi connectivity index (χ0v) is 18.5. The molecule has 4 aromatic rings. The molecule has 0 unspecified atom stereocenters. The van der Waals surface area contributed by atoms with Crippen molar-refractivity contribution in [2.45, 2.75) is 6.61 Å². The van der Waals surface area contributed by atoms with E-state index in [4.69, 9.17) is 39.5 Å². The first kappa shape index (κ1) is 20.7. The molecule has 0 amide bonds. The van der Waals surface area contributed by atoms with Gasteiger partial charge in [0, 0.05) is 10.6 Å². The highest BCUT2D eigenvalue weighted by Crippen LogP contribution is 2.36. The molecule has 0 atom stereocenters. The van der Waals surface area contributed by atoms with Crippen LogP contribution >= 0.6 is 46.1 Å². The van der Waals surface area contributed by atoms with E-state index in [1.165, 1.54) is 11.3 Å². The highest BCUT2D eigenvalue weighted by molar-refractivity contribution is 7.19. The Morgan fingerprint density at radius 3 is 2.40 bits per heavy atom. The second-order valence-corrected chi connectivity index (χ2v) is 8.60. The van der Waals surface area contributed by atoms with Gasteiger partial charge in [0.05, 0.1) is 25.8 Å². The minimum atomic E-state index is 0.240. The van der Waals surface area contributed by atoms with Gasteiger partial charge in [-0.3, -0.25) is 0 Å². The van der Waals surface area contributed by atoms with E-state index >= 15 is 0 Å². The third-order valence-corrected chi connectivity index (χ3v) is 6.31. The summed E-state index contributed by atoms with van der Waals surface area (Å²) < 4.78 is 6.82. The summed E-state index contributed by atoms with van der Waals surface area (Å²) in [5.41, 5.74) is 2.81. The standard InChI is InChI=1S/C23H13Cl3N2OS/c24-17-6-2-1-5-15(17)13-29-22-18(25)10-14(11-19(22)26)9-16(12-27)23-28-20-7-3-4-8-21(20)30-23/h1-11H,13H2/b16-9+. The fourth-order valence-electron chi connectivity index (χ4n) is 2.86. The molecule has 4 rings (SSSR count). The first-order valence-electron chi connectivity index (χ1n) is 8.88. The highest BCUT2D eigenvalue weighted by atomic mass is 35.5.